The first-order valence-corrected chi connectivity index (χ1v) is 7.73. The van der Waals surface area contributed by atoms with E-state index < -0.39 is 0 Å². The van der Waals surface area contributed by atoms with E-state index >= 15 is 0 Å². The topological polar surface area (TPSA) is 65.1 Å². The second-order valence-corrected chi connectivity index (χ2v) is 5.65. The second-order valence-electron chi connectivity index (χ2n) is 5.65. The number of amidine groups is 1. The fraction of sp³-hybridized carbons (Fsp3) is 0.562. The van der Waals surface area contributed by atoms with Gasteiger partial charge in [0.05, 0.1) is 0 Å². The molecule has 0 atom stereocenters. The first-order valence-electron chi connectivity index (χ1n) is 7.73. The third-order valence-corrected chi connectivity index (χ3v) is 4.00. The standard InChI is InChI=1S/C16H26N4O/c17-16(18-21)8-4-5-9-19-10-12-20(13-11-19)14-15-6-2-1-3-7-15/h1-3,6-7,21H,4-5,8-14H2,(H2,17,18). The molecule has 116 valence electrons. The zero-order valence-corrected chi connectivity index (χ0v) is 12.6. The number of rotatable bonds is 7. The molecule has 5 nitrogen and oxygen atoms in total. The molecule has 0 saturated carbocycles. The molecule has 1 aliphatic rings. The van der Waals surface area contributed by atoms with E-state index in [1.165, 1.54) is 5.56 Å². The Morgan fingerprint density at radius 1 is 1.05 bits per heavy atom. The molecule has 0 aliphatic carbocycles. The van der Waals surface area contributed by atoms with Gasteiger partial charge in [-0.1, -0.05) is 35.5 Å². The molecular weight excluding hydrogens is 264 g/mol. The Kier molecular flexibility index (Phi) is 6.50. The van der Waals surface area contributed by atoms with E-state index in [9.17, 15) is 0 Å². The quantitative estimate of drug-likeness (QED) is 0.264. The number of hydrogen-bond donors (Lipinski definition) is 2. The van der Waals surface area contributed by atoms with Crippen LogP contribution >= 0.6 is 0 Å². The van der Waals surface area contributed by atoms with Gasteiger partial charge in [0.2, 0.25) is 0 Å². The maximum atomic E-state index is 8.48. The minimum atomic E-state index is 0.336. The van der Waals surface area contributed by atoms with Crippen LogP contribution in [0.1, 0.15) is 24.8 Å². The number of nitrogens with two attached hydrogens (primary N) is 1. The second kappa shape index (κ2) is 8.64. The smallest absolute Gasteiger partial charge is 0.139 e. The number of piperazine rings is 1. The van der Waals surface area contributed by atoms with E-state index in [0.717, 1.165) is 52.1 Å². The van der Waals surface area contributed by atoms with Crippen molar-refractivity contribution in [3.05, 3.63) is 35.9 Å². The molecule has 0 radical (unpaired) electrons. The lowest BCUT2D eigenvalue weighted by Gasteiger charge is -2.34. The van der Waals surface area contributed by atoms with Crippen molar-refractivity contribution in [2.24, 2.45) is 10.9 Å². The molecule has 2 rings (SSSR count). The predicted molar refractivity (Wildman–Crippen MR) is 85.4 cm³/mol. The minimum Gasteiger partial charge on any atom is -0.409 e. The van der Waals surface area contributed by atoms with Crippen molar-refractivity contribution in [3.63, 3.8) is 0 Å². The summed E-state index contributed by atoms with van der Waals surface area (Å²) in [5.74, 6) is 0.336. The van der Waals surface area contributed by atoms with Crippen molar-refractivity contribution in [2.75, 3.05) is 32.7 Å². The van der Waals surface area contributed by atoms with Crippen LogP contribution in [0.5, 0.6) is 0 Å². The fourth-order valence-electron chi connectivity index (χ4n) is 2.70. The number of oxime groups is 1. The van der Waals surface area contributed by atoms with Crippen molar-refractivity contribution in [3.8, 4) is 0 Å². The predicted octanol–water partition coefficient (Wildman–Crippen LogP) is 1.72. The van der Waals surface area contributed by atoms with Gasteiger partial charge in [-0.15, -0.1) is 0 Å². The number of unbranched alkanes of at least 4 members (excludes halogenated alkanes) is 1. The Balaban J connectivity index is 1.60. The monoisotopic (exact) mass is 290 g/mol. The van der Waals surface area contributed by atoms with Crippen molar-refractivity contribution >= 4 is 5.84 Å². The third kappa shape index (κ3) is 5.73. The highest BCUT2D eigenvalue weighted by Gasteiger charge is 2.16. The molecule has 1 heterocycles. The van der Waals surface area contributed by atoms with Gasteiger partial charge in [0, 0.05) is 39.1 Å². The highest BCUT2D eigenvalue weighted by Crippen LogP contribution is 2.09. The van der Waals surface area contributed by atoms with Gasteiger partial charge in [-0.2, -0.15) is 0 Å². The van der Waals surface area contributed by atoms with Crippen LogP contribution in [0, 0.1) is 0 Å². The maximum absolute atomic E-state index is 8.48. The summed E-state index contributed by atoms with van der Waals surface area (Å²) in [4.78, 5) is 5.02. The largest absolute Gasteiger partial charge is 0.409 e. The molecule has 0 bridgehead atoms. The average molecular weight is 290 g/mol. The van der Waals surface area contributed by atoms with Crippen LogP contribution in [0.2, 0.25) is 0 Å². The average Bonchev–Trinajstić information content (AvgIpc) is 2.54. The molecule has 1 aromatic rings. The van der Waals surface area contributed by atoms with E-state index in [1.807, 2.05) is 0 Å². The van der Waals surface area contributed by atoms with E-state index in [1.54, 1.807) is 0 Å². The van der Waals surface area contributed by atoms with Crippen LogP contribution in [0.4, 0.5) is 0 Å². The van der Waals surface area contributed by atoms with E-state index in [2.05, 4.69) is 45.3 Å². The van der Waals surface area contributed by atoms with Crippen LogP contribution in [-0.4, -0.2) is 53.6 Å². The van der Waals surface area contributed by atoms with E-state index in [-0.39, 0.29) is 0 Å². The molecule has 1 fully saturated rings. The van der Waals surface area contributed by atoms with Crippen molar-refractivity contribution in [1.29, 1.82) is 0 Å². The molecule has 1 saturated heterocycles. The first-order chi connectivity index (χ1) is 10.3. The summed E-state index contributed by atoms with van der Waals surface area (Å²) in [6, 6.07) is 10.7. The maximum Gasteiger partial charge on any atom is 0.139 e. The van der Waals surface area contributed by atoms with Gasteiger partial charge in [0.25, 0.3) is 0 Å². The zero-order chi connectivity index (χ0) is 14.9. The normalized spacial score (nSPS) is 18.0. The van der Waals surface area contributed by atoms with Gasteiger partial charge in [-0.3, -0.25) is 4.90 Å². The summed E-state index contributed by atoms with van der Waals surface area (Å²) in [6.07, 6.45) is 2.78. The lowest BCUT2D eigenvalue weighted by molar-refractivity contribution is 0.126. The van der Waals surface area contributed by atoms with E-state index in [4.69, 9.17) is 10.9 Å². The highest BCUT2D eigenvalue weighted by molar-refractivity contribution is 5.79. The summed E-state index contributed by atoms with van der Waals surface area (Å²) in [7, 11) is 0. The van der Waals surface area contributed by atoms with Crippen molar-refractivity contribution in [1.82, 2.24) is 9.80 Å². The van der Waals surface area contributed by atoms with Gasteiger partial charge in [-0.05, 0) is 24.9 Å². The van der Waals surface area contributed by atoms with Crippen molar-refractivity contribution < 1.29 is 5.21 Å². The third-order valence-electron chi connectivity index (χ3n) is 4.00. The molecule has 1 aromatic carbocycles. The summed E-state index contributed by atoms with van der Waals surface area (Å²) >= 11 is 0. The Morgan fingerprint density at radius 3 is 2.38 bits per heavy atom. The first kappa shape index (κ1) is 15.8. The molecule has 1 aliphatic heterocycles. The minimum absolute atomic E-state index is 0.336. The molecule has 5 heteroatoms. The summed E-state index contributed by atoms with van der Waals surface area (Å²) in [5, 5.41) is 11.5. The molecule has 0 unspecified atom stereocenters. The van der Waals surface area contributed by atoms with Crippen LogP contribution in [0.3, 0.4) is 0 Å². The number of nitrogens with zero attached hydrogens (tertiary/aromatic N) is 3. The molecular formula is C16H26N4O. The van der Waals surface area contributed by atoms with Gasteiger partial charge < -0.3 is 15.8 Å². The van der Waals surface area contributed by atoms with Gasteiger partial charge in [0.15, 0.2) is 0 Å². The van der Waals surface area contributed by atoms with E-state index in [0.29, 0.717) is 12.3 Å². The van der Waals surface area contributed by atoms with Crippen LogP contribution in [0.15, 0.2) is 35.5 Å². The summed E-state index contributed by atoms with van der Waals surface area (Å²) in [5.41, 5.74) is 6.86. The zero-order valence-electron chi connectivity index (χ0n) is 12.6. The Hall–Kier alpha value is -1.59. The SMILES string of the molecule is NC(CCCCN1CCN(Cc2ccccc2)CC1)=NO. The Bertz CT molecular complexity index is 427. The molecule has 21 heavy (non-hydrogen) atoms. The lowest BCUT2D eigenvalue weighted by Crippen LogP contribution is -2.46. The molecule has 0 amide bonds. The van der Waals surface area contributed by atoms with Gasteiger partial charge in [-0.25, -0.2) is 0 Å². The van der Waals surface area contributed by atoms with Gasteiger partial charge >= 0.3 is 0 Å². The number of benzene rings is 1. The number of hydrogen-bond acceptors (Lipinski definition) is 4. The fourth-order valence-corrected chi connectivity index (χ4v) is 2.70. The highest BCUT2D eigenvalue weighted by atomic mass is 16.4. The van der Waals surface area contributed by atoms with Gasteiger partial charge in [0.1, 0.15) is 5.84 Å². The van der Waals surface area contributed by atoms with Crippen molar-refractivity contribution in [2.45, 2.75) is 25.8 Å². The molecule has 3 N–H and O–H groups in total. The van der Waals surface area contributed by atoms with Crippen LogP contribution in [-0.2, 0) is 6.54 Å². The summed E-state index contributed by atoms with van der Waals surface area (Å²) < 4.78 is 0. The summed E-state index contributed by atoms with van der Waals surface area (Å²) in [6.45, 7) is 6.70. The lowest BCUT2D eigenvalue weighted by atomic mass is 10.2. The Morgan fingerprint density at radius 2 is 1.71 bits per heavy atom. The van der Waals surface area contributed by atoms with Crippen LogP contribution < -0.4 is 5.73 Å². The van der Waals surface area contributed by atoms with Crippen LogP contribution in [0.25, 0.3) is 0 Å². The molecule has 0 spiro atoms. The Labute approximate surface area is 127 Å². The molecule has 0 aromatic heterocycles.